The average molecular weight is 262 g/mol. The number of amides is 1. The van der Waals surface area contributed by atoms with Crippen molar-refractivity contribution in [2.45, 2.75) is 6.18 Å². The lowest BCUT2D eigenvalue weighted by Gasteiger charge is -2.09. The van der Waals surface area contributed by atoms with E-state index in [2.05, 4.69) is 4.98 Å². The smallest absolute Gasteiger partial charge is 0.313 e. The maximum absolute atomic E-state index is 12.8. The molecule has 10 heteroatoms. The fraction of sp³-hybridized carbons (Fsp3) is 0.143. The molecule has 0 fully saturated rings. The highest BCUT2D eigenvalue weighted by atomic mass is 19.4. The van der Waals surface area contributed by atoms with E-state index in [1.165, 1.54) is 0 Å². The molecule has 17 heavy (non-hydrogen) atoms. The maximum Gasteiger partial charge on any atom is 0.471 e. The minimum Gasteiger partial charge on any atom is -0.313 e. The van der Waals surface area contributed by atoms with Gasteiger partial charge in [-0.3, -0.25) is 4.79 Å². The molecule has 1 aromatic heterocycles. The Balaban J connectivity index is 3.20. The van der Waals surface area contributed by atoms with Crippen molar-refractivity contribution in [3.8, 4) is 0 Å². The van der Waals surface area contributed by atoms with Crippen LogP contribution in [0.25, 0.3) is 0 Å². The molecular formula is C7HF7N2O. The van der Waals surface area contributed by atoms with E-state index in [1.54, 1.807) is 0 Å². The highest BCUT2D eigenvalue weighted by Gasteiger charge is 2.40. The molecule has 1 amide bonds. The fourth-order valence-electron chi connectivity index (χ4n) is 0.781. The molecule has 0 aliphatic heterocycles. The number of hydrogen-bond acceptors (Lipinski definition) is 2. The fourth-order valence-corrected chi connectivity index (χ4v) is 0.781. The second kappa shape index (κ2) is 4.18. The molecule has 0 radical (unpaired) electrons. The number of anilines is 1. The molecule has 0 aliphatic carbocycles. The minimum absolute atomic E-state index is 0.666. The summed E-state index contributed by atoms with van der Waals surface area (Å²) in [6, 6.07) is 0. The highest BCUT2D eigenvalue weighted by molar-refractivity contribution is 5.95. The zero-order chi connectivity index (χ0) is 13.4. The summed E-state index contributed by atoms with van der Waals surface area (Å²) in [7, 11) is 0. The van der Waals surface area contributed by atoms with Crippen LogP contribution in [0.4, 0.5) is 36.4 Å². The van der Waals surface area contributed by atoms with Crippen LogP contribution in [0.15, 0.2) is 0 Å². The molecule has 1 aromatic rings. The Morgan fingerprint density at radius 3 is 1.76 bits per heavy atom. The van der Waals surface area contributed by atoms with Crippen molar-refractivity contribution < 1.29 is 35.5 Å². The zero-order valence-electron chi connectivity index (χ0n) is 7.50. The van der Waals surface area contributed by atoms with E-state index >= 15 is 0 Å². The lowest BCUT2D eigenvalue weighted by atomic mass is 10.3. The third kappa shape index (κ3) is 2.63. The SMILES string of the molecule is O=C(Nc1c(F)c(F)nc(F)c1F)C(F)(F)F. The van der Waals surface area contributed by atoms with Gasteiger partial charge in [0.2, 0.25) is 11.6 Å². The molecule has 0 spiro atoms. The lowest BCUT2D eigenvalue weighted by molar-refractivity contribution is -0.167. The van der Waals surface area contributed by atoms with E-state index < -0.39 is 41.3 Å². The van der Waals surface area contributed by atoms with Gasteiger partial charge in [-0.25, -0.2) is 0 Å². The molecule has 0 atom stereocenters. The number of carbonyl (C=O) groups excluding carboxylic acids is 1. The van der Waals surface area contributed by atoms with Crippen molar-refractivity contribution >= 4 is 11.6 Å². The summed E-state index contributed by atoms with van der Waals surface area (Å²) in [5.41, 5.74) is -1.89. The van der Waals surface area contributed by atoms with Gasteiger partial charge in [-0.15, -0.1) is 0 Å². The predicted molar refractivity (Wildman–Crippen MR) is 38.8 cm³/mol. The number of nitrogens with zero attached hydrogens (tertiary/aromatic N) is 1. The van der Waals surface area contributed by atoms with Gasteiger partial charge in [-0.2, -0.15) is 35.7 Å². The van der Waals surface area contributed by atoms with Gasteiger partial charge >= 0.3 is 12.1 Å². The number of carbonyl (C=O) groups is 1. The molecule has 1 rings (SSSR count). The number of aromatic nitrogens is 1. The Morgan fingerprint density at radius 1 is 1.00 bits per heavy atom. The second-order valence-electron chi connectivity index (χ2n) is 2.65. The van der Waals surface area contributed by atoms with Gasteiger partial charge in [0.05, 0.1) is 0 Å². The van der Waals surface area contributed by atoms with E-state index in [0.29, 0.717) is 5.32 Å². The molecule has 0 aromatic carbocycles. The Bertz CT molecular complexity index is 444. The average Bonchev–Trinajstić information content (AvgIpc) is 2.20. The number of hydrogen-bond donors (Lipinski definition) is 1. The largest absolute Gasteiger partial charge is 0.471 e. The molecule has 0 saturated heterocycles. The number of nitrogens with one attached hydrogen (secondary N) is 1. The summed E-state index contributed by atoms with van der Waals surface area (Å²) in [5, 5.41) is 0.666. The summed E-state index contributed by atoms with van der Waals surface area (Å²) in [6.45, 7) is 0. The number of halogens is 7. The third-order valence-corrected chi connectivity index (χ3v) is 1.49. The van der Waals surface area contributed by atoms with E-state index in [-0.39, 0.29) is 0 Å². The topological polar surface area (TPSA) is 42.0 Å². The van der Waals surface area contributed by atoms with E-state index in [0.717, 1.165) is 0 Å². The van der Waals surface area contributed by atoms with Gasteiger partial charge < -0.3 is 5.32 Å². The summed E-state index contributed by atoms with van der Waals surface area (Å²) >= 11 is 0. The van der Waals surface area contributed by atoms with Gasteiger partial charge in [0.25, 0.3) is 11.9 Å². The first-order valence-corrected chi connectivity index (χ1v) is 3.72. The van der Waals surface area contributed by atoms with Gasteiger partial charge in [0.1, 0.15) is 5.69 Å². The number of alkyl halides is 3. The van der Waals surface area contributed by atoms with Crippen molar-refractivity contribution in [2.75, 3.05) is 5.32 Å². The minimum atomic E-state index is -5.46. The summed E-state index contributed by atoms with van der Waals surface area (Å²) < 4.78 is 85.6. The monoisotopic (exact) mass is 262 g/mol. The van der Waals surface area contributed by atoms with Gasteiger partial charge in [-0.05, 0) is 0 Å². The molecular weight excluding hydrogens is 261 g/mol. The van der Waals surface area contributed by atoms with E-state index in [4.69, 9.17) is 0 Å². The standard InChI is InChI=1S/C7HF7N2O/c8-1-3(15-6(17)7(12,13)14)2(9)5(11)16-4(1)10/h(H,15,16,17). The second-order valence-corrected chi connectivity index (χ2v) is 2.65. The van der Waals surface area contributed by atoms with Crippen LogP contribution in [-0.2, 0) is 4.79 Å². The Morgan fingerprint density at radius 2 is 1.41 bits per heavy atom. The van der Waals surface area contributed by atoms with Crippen molar-refractivity contribution in [1.29, 1.82) is 0 Å². The maximum atomic E-state index is 12.8. The molecule has 0 aliphatic rings. The first-order chi connectivity index (χ1) is 7.64. The van der Waals surface area contributed by atoms with Crippen LogP contribution in [0.3, 0.4) is 0 Å². The van der Waals surface area contributed by atoms with Crippen LogP contribution in [0, 0.1) is 23.5 Å². The van der Waals surface area contributed by atoms with Crippen molar-refractivity contribution in [2.24, 2.45) is 0 Å². The highest BCUT2D eigenvalue weighted by Crippen LogP contribution is 2.24. The first-order valence-electron chi connectivity index (χ1n) is 3.72. The van der Waals surface area contributed by atoms with Crippen LogP contribution < -0.4 is 5.32 Å². The molecule has 0 bridgehead atoms. The van der Waals surface area contributed by atoms with E-state index in [1.807, 2.05) is 0 Å². The number of rotatable bonds is 1. The van der Waals surface area contributed by atoms with Crippen molar-refractivity contribution in [3.63, 3.8) is 0 Å². The lowest BCUT2D eigenvalue weighted by Crippen LogP contribution is -2.31. The van der Waals surface area contributed by atoms with Crippen LogP contribution >= 0.6 is 0 Å². The molecule has 0 unspecified atom stereocenters. The summed E-state index contributed by atoms with van der Waals surface area (Å²) in [6.07, 6.45) is -5.46. The predicted octanol–water partition coefficient (Wildman–Crippen LogP) is 2.14. The van der Waals surface area contributed by atoms with Crippen molar-refractivity contribution in [1.82, 2.24) is 4.98 Å². The Hall–Kier alpha value is -1.87. The van der Waals surface area contributed by atoms with Crippen LogP contribution in [0.2, 0.25) is 0 Å². The van der Waals surface area contributed by atoms with Crippen LogP contribution in [0.1, 0.15) is 0 Å². The quantitative estimate of drug-likeness (QED) is 0.622. The Labute approximate surface area is 88.3 Å². The molecule has 1 N–H and O–H groups in total. The first kappa shape index (κ1) is 13.2. The third-order valence-electron chi connectivity index (χ3n) is 1.49. The van der Waals surface area contributed by atoms with Crippen molar-refractivity contribution in [3.05, 3.63) is 23.5 Å². The molecule has 1 heterocycles. The summed E-state index contributed by atoms with van der Waals surface area (Å²) in [5.74, 6) is -11.6. The molecule has 0 saturated carbocycles. The van der Waals surface area contributed by atoms with Gasteiger partial charge in [-0.1, -0.05) is 0 Å². The molecule has 3 nitrogen and oxygen atoms in total. The number of pyridine rings is 1. The zero-order valence-corrected chi connectivity index (χ0v) is 7.50. The van der Waals surface area contributed by atoms with Gasteiger partial charge in [0, 0.05) is 0 Å². The Kier molecular flexibility index (Phi) is 3.25. The van der Waals surface area contributed by atoms with E-state index in [9.17, 15) is 35.5 Å². The summed E-state index contributed by atoms with van der Waals surface area (Å²) in [4.78, 5) is 12.4. The van der Waals surface area contributed by atoms with Crippen LogP contribution in [0.5, 0.6) is 0 Å². The molecule has 94 valence electrons. The normalized spacial score (nSPS) is 11.5. The van der Waals surface area contributed by atoms with Crippen LogP contribution in [-0.4, -0.2) is 17.1 Å². The van der Waals surface area contributed by atoms with Gasteiger partial charge in [0.15, 0.2) is 0 Å².